The van der Waals surface area contributed by atoms with Gasteiger partial charge in [-0.15, -0.1) is 0 Å². The Bertz CT molecular complexity index is 688. The van der Waals surface area contributed by atoms with Gasteiger partial charge >= 0.3 is 0 Å². The van der Waals surface area contributed by atoms with Crippen molar-refractivity contribution >= 4 is 27.5 Å². The molecule has 0 saturated heterocycles. The van der Waals surface area contributed by atoms with E-state index in [9.17, 15) is 0 Å². The second kappa shape index (κ2) is 6.02. The van der Waals surface area contributed by atoms with E-state index in [-0.39, 0.29) is 10.8 Å². The summed E-state index contributed by atoms with van der Waals surface area (Å²) in [6.45, 7) is 13.3. The first kappa shape index (κ1) is 17.6. The van der Waals surface area contributed by atoms with Crippen LogP contribution in [-0.2, 0) is 10.8 Å². The Hall–Kier alpha value is -0.790. The summed E-state index contributed by atoms with van der Waals surface area (Å²) in [4.78, 5) is 0. The number of benzene rings is 2. The standard InChI is InChI=1S/C20H24BrCl/c1-19(2,3)14-9-7-8-13(12-14)15-10-11-16(22)17(18(15)21)20(4,5)6/h7-12H,1-6H3. The van der Waals surface area contributed by atoms with E-state index in [1.165, 1.54) is 16.7 Å². The smallest absolute Gasteiger partial charge is 0.0455 e. The van der Waals surface area contributed by atoms with Crippen molar-refractivity contribution in [2.45, 2.75) is 52.4 Å². The Labute approximate surface area is 148 Å². The van der Waals surface area contributed by atoms with Crippen LogP contribution in [0.5, 0.6) is 0 Å². The second-order valence-electron chi connectivity index (χ2n) is 7.86. The minimum absolute atomic E-state index is 0.00638. The van der Waals surface area contributed by atoms with Crippen LogP contribution in [0.2, 0.25) is 5.02 Å². The zero-order chi connectivity index (χ0) is 16.7. The van der Waals surface area contributed by atoms with Gasteiger partial charge in [-0.05, 0) is 55.1 Å². The van der Waals surface area contributed by atoms with E-state index in [1.807, 2.05) is 6.07 Å². The number of hydrogen-bond donors (Lipinski definition) is 0. The molecule has 2 aromatic carbocycles. The van der Waals surface area contributed by atoms with Gasteiger partial charge in [-0.1, -0.05) is 83.5 Å². The van der Waals surface area contributed by atoms with Gasteiger partial charge in [0.2, 0.25) is 0 Å². The molecule has 2 aromatic rings. The minimum Gasteiger partial charge on any atom is -0.0840 e. The molecule has 0 radical (unpaired) electrons. The third-order valence-electron chi connectivity index (χ3n) is 3.88. The van der Waals surface area contributed by atoms with Crippen LogP contribution in [-0.4, -0.2) is 0 Å². The Balaban J connectivity index is 2.65. The molecule has 118 valence electrons. The van der Waals surface area contributed by atoms with Crippen molar-refractivity contribution in [1.29, 1.82) is 0 Å². The second-order valence-corrected chi connectivity index (χ2v) is 9.06. The monoisotopic (exact) mass is 378 g/mol. The Kier molecular flexibility index (Phi) is 4.80. The summed E-state index contributed by atoms with van der Waals surface area (Å²) in [5.41, 5.74) is 5.05. The molecule has 0 aliphatic heterocycles. The fraction of sp³-hybridized carbons (Fsp3) is 0.400. The quantitative estimate of drug-likeness (QED) is 0.485. The molecule has 0 amide bonds. The van der Waals surface area contributed by atoms with Gasteiger partial charge in [0.05, 0.1) is 0 Å². The van der Waals surface area contributed by atoms with Gasteiger partial charge in [0.15, 0.2) is 0 Å². The first-order chi connectivity index (χ1) is 10.0. The van der Waals surface area contributed by atoms with E-state index in [1.54, 1.807) is 0 Å². The maximum absolute atomic E-state index is 6.45. The highest BCUT2D eigenvalue weighted by molar-refractivity contribution is 9.10. The van der Waals surface area contributed by atoms with E-state index >= 15 is 0 Å². The van der Waals surface area contributed by atoms with Crippen LogP contribution >= 0.6 is 27.5 Å². The predicted molar refractivity (Wildman–Crippen MR) is 102 cm³/mol. The maximum atomic E-state index is 6.45. The average Bonchev–Trinajstić information content (AvgIpc) is 2.36. The van der Waals surface area contributed by atoms with Crippen molar-refractivity contribution in [2.75, 3.05) is 0 Å². The lowest BCUT2D eigenvalue weighted by Gasteiger charge is -2.25. The first-order valence-electron chi connectivity index (χ1n) is 7.61. The molecule has 2 rings (SSSR count). The van der Waals surface area contributed by atoms with E-state index in [4.69, 9.17) is 11.6 Å². The third kappa shape index (κ3) is 3.58. The fourth-order valence-electron chi connectivity index (χ4n) is 2.62. The molecule has 0 bridgehead atoms. The lowest BCUT2D eigenvalue weighted by Crippen LogP contribution is -2.13. The van der Waals surface area contributed by atoms with Crippen LogP contribution in [0.1, 0.15) is 52.7 Å². The van der Waals surface area contributed by atoms with Crippen molar-refractivity contribution in [3.63, 3.8) is 0 Å². The molecule has 0 spiro atoms. The van der Waals surface area contributed by atoms with E-state index < -0.39 is 0 Å². The Morgan fingerprint density at radius 1 is 0.864 bits per heavy atom. The lowest BCUT2D eigenvalue weighted by atomic mass is 9.83. The van der Waals surface area contributed by atoms with Crippen molar-refractivity contribution in [1.82, 2.24) is 0 Å². The summed E-state index contributed by atoms with van der Waals surface area (Å²) in [5, 5.41) is 0.815. The molecule has 0 fully saturated rings. The summed E-state index contributed by atoms with van der Waals surface area (Å²) in [6, 6.07) is 12.9. The first-order valence-corrected chi connectivity index (χ1v) is 8.78. The summed E-state index contributed by atoms with van der Waals surface area (Å²) < 4.78 is 1.10. The molecule has 22 heavy (non-hydrogen) atoms. The van der Waals surface area contributed by atoms with Crippen LogP contribution in [0.25, 0.3) is 11.1 Å². The molecule has 0 aromatic heterocycles. The highest BCUT2D eigenvalue weighted by Gasteiger charge is 2.23. The van der Waals surface area contributed by atoms with Gasteiger partial charge in [0.25, 0.3) is 0 Å². The topological polar surface area (TPSA) is 0 Å². The van der Waals surface area contributed by atoms with Gasteiger partial charge in [-0.2, -0.15) is 0 Å². The van der Waals surface area contributed by atoms with Crippen molar-refractivity contribution in [2.24, 2.45) is 0 Å². The molecule has 0 atom stereocenters. The SMILES string of the molecule is CC(C)(C)c1cccc(-c2ccc(Cl)c(C(C)(C)C)c2Br)c1. The van der Waals surface area contributed by atoms with Crippen LogP contribution in [0.4, 0.5) is 0 Å². The Morgan fingerprint density at radius 2 is 1.50 bits per heavy atom. The molecule has 0 aliphatic carbocycles. The van der Waals surface area contributed by atoms with Gasteiger partial charge < -0.3 is 0 Å². The highest BCUT2D eigenvalue weighted by Crippen LogP contribution is 2.41. The number of halogens is 2. The normalized spacial score (nSPS) is 12.5. The van der Waals surface area contributed by atoms with Crippen molar-refractivity contribution in [3.05, 3.63) is 57.0 Å². The molecule has 0 N–H and O–H groups in total. The molecule has 0 saturated carbocycles. The highest BCUT2D eigenvalue weighted by atomic mass is 79.9. The predicted octanol–water partition coefficient (Wildman–Crippen LogP) is 7.36. The van der Waals surface area contributed by atoms with Gasteiger partial charge in [0, 0.05) is 9.50 Å². The van der Waals surface area contributed by atoms with Gasteiger partial charge in [0.1, 0.15) is 0 Å². The summed E-state index contributed by atoms with van der Waals surface area (Å²) in [6.07, 6.45) is 0. The van der Waals surface area contributed by atoms with Crippen molar-refractivity contribution < 1.29 is 0 Å². The number of hydrogen-bond acceptors (Lipinski definition) is 0. The molecule has 2 heteroatoms. The van der Waals surface area contributed by atoms with Crippen LogP contribution in [0, 0.1) is 0 Å². The van der Waals surface area contributed by atoms with Crippen LogP contribution < -0.4 is 0 Å². The molecular formula is C20H24BrCl. The van der Waals surface area contributed by atoms with Gasteiger partial charge in [-0.3, -0.25) is 0 Å². The molecule has 0 aliphatic rings. The average molecular weight is 380 g/mol. The molecule has 0 nitrogen and oxygen atoms in total. The third-order valence-corrected chi connectivity index (χ3v) is 5.02. The summed E-state index contributed by atoms with van der Waals surface area (Å²) in [5.74, 6) is 0. The van der Waals surface area contributed by atoms with Crippen LogP contribution in [0.15, 0.2) is 40.9 Å². The van der Waals surface area contributed by atoms with E-state index in [0.29, 0.717) is 0 Å². The molecular weight excluding hydrogens is 356 g/mol. The van der Waals surface area contributed by atoms with Crippen molar-refractivity contribution in [3.8, 4) is 11.1 Å². The van der Waals surface area contributed by atoms with E-state index in [2.05, 4.69) is 87.8 Å². The Morgan fingerprint density at radius 3 is 2.05 bits per heavy atom. The minimum atomic E-state index is -0.00638. The molecule has 0 unspecified atom stereocenters. The molecule has 0 heterocycles. The fourth-order valence-corrected chi connectivity index (χ4v) is 4.34. The summed E-state index contributed by atoms with van der Waals surface area (Å²) >= 11 is 10.2. The zero-order valence-electron chi connectivity index (χ0n) is 14.2. The lowest BCUT2D eigenvalue weighted by molar-refractivity contribution is 0.587. The van der Waals surface area contributed by atoms with Gasteiger partial charge in [-0.25, -0.2) is 0 Å². The number of rotatable bonds is 1. The zero-order valence-corrected chi connectivity index (χ0v) is 16.6. The van der Waals surface area contributed by atoms with E-state index in [0.717, 1.165) is 15.1 Å². The summed E-state index contributed by atoms with van der Waals surface area (Å²) in [7, 11) is 0. The largest absolute Gasteiger partial charge is 0.0840 e. The maximum Gasteiger partial charge on any atom is 0.0455 e. The van der Waals surface area contributed by atoms with Crippen LogP contribution in [0.3, 0.4) is 0 Å².